The summed E-state index contributed by atoms with van der Waals surface area (Å²) in [5.41, 5.74) is 0.728. The Morgan fingerprint density at radius 1 is 1.35 bits per heavy atom. The first-order valence-electron chi connectivity index (χ1n) is 7.01. The Balaban J connectivity index is 1.98. The van der Waals surface area contributed by atoms with Gasteiger partial charge in [0.2, 0.25) is 0 Å². The molecule has 1 aromatic carbocycles. The van der Waals surface area contributed by atoms with Crippen LogP contribution in [0.15, 0.2) is 39.7 Å². The minimum atomic E-state index is -4.67. The van der Waals surface area contributed by atoms with Gasteiger partial charge in [0.15, 0.2) is 12.1 Å². The summed E-state index contributed by atoms with van der Waals surface area (Å²) in [6.07, 6.45) is -7.13. The molecule has 3 N–H and O–H groups in total. The molecule has 0 amide bonds. The van der Waals surface area contributed by atoms with Crippen LogP contribution < -0.4 is 10.6 Å². The summed E-state index contributed by atoms with van der Waals surface area (Å²) in [5.74, 6) is 0.770. The average molecular weight is 329 g/mol. The van der Waals surface area contributed by atoms with Gasteiger partial charge >= 0.3 is 6.18 Å². The number of hydrogen-bond donors (Lipinski definition) is 3. The molecule has 0 saturated carbocycles. The van der Waals surface area contributed by atoms with E-state index in [2.05, 4.69) is 15.6 Å². The number of aliphatic hydroxyl groups excluding tert-OH is 1. The quantitative estimate of drug-likeness (QED) is 0.596. The van der Waals surface area contributed by atoms with E-state index in [1.165, 1.54) is 7.05 Å². The molecule has 2 rings (SSSR count). The van der Waals surface area contributed by atoms with Crippen molar-refractivity contribution < 1.29 is 22.7 Å². The number of alkyl halides is 3. The molecule has 0 aliphatic heterocycles. The number of benzene rings is 1. The third-order valence-corrected chi connectivity index (χ3v) is 3.29. The fourth-order valence-corrected chi connectivity index (χ4v) is 2.00. The van der Waals surface area contributed by atoms with Gasteiger partial charge in [-0.05, 0) is 19.1 Å². The maximum atomic E-state index is 12.3. The Kier molecular flexibility index (Phi) is 5.15. The monoisotopic (exact) mass is 329 g/mol. The van der Waals surface area contributed by atoms with Crippen molar-refractivity contribution in [1.82, 2.24) is 10.6 Å². The van der Waals surface area contributed by atoms with Crippen molar-refractivity contribution in [2.45, 2.75) is 25.2 Å². The number of guanidine groups is 1. The molecule has 2 unspecified atom stereocenters. The molecule has 23 heavy (non-hydrogen) atoms. The molecule has 0 spiro atoms. The lowest BCUT2D eigenvalue weighted by Crippen LogP contribution is -2.45. The molecule has 0 fully saturated rings. The average Bonchev–Trinajstić information content (AvgIpc) is 2.94. The van der Waals surface area contributed by atoms with Crippen molar-refractivity contribution in [2.75, 3.05) is 13.6 Å². The van der Waals surface area contributed by atoms with Gasteiger partial charge in [-0.25, -0.2) is 0 Å². The van der Waals surface area contributed by atoms with Crippen molar-refractivity contribution >= 4 is 16.9 Å². The van der Waals surface area contributed by atoms with Gasteiger partial charge in [-0.15, -0.1) is 0 Å². The van der Waals surface area contributed by atoms with E-state index in [4.69, 9.17) is 9.52 Å². The van der Waals surface area contributed by atoms with Crippen LogP contribution in [0.3, 0.4) is 0 Å². The molecular formula is C15H18F3N3O2. The normalized spacial score (nSPS) is 15.5. The molecule has 0 bridgehead atoms. The molecule has 2 aromatic rings. The van der Waals surface area contributed by atoms with E-state index in [9.17, 15) is 13.2 Å². The predicted octanol–water partition coefficient (Wildman–Crippen LogP) is 2.58. The van der Waals surface area contributed by atoms with E-state index in [1.807, 2.05) is 30.3 Å². The van der Waals surface area contributed by atoms with Gasteiger partial charge < -0.3 is 20.2 Å². The van der Waals surface area contributed by atoms with Gasteiger partial charge in [0.05, 0.1) is 12.6 Å². The summed E-state index contributed by atoms with van der Waals surface area (Å²) in [4.78, 5) is 3.84. The maximum Gasteiger partial charge on any atom is 0.416 e. The highest BCUT2D eigenvalue weighted by Gasteiger charge is 2.38. The summed E-state index contributed by atoms with van der Waals surface area (Å²) in [6.45, 7) is 1.11. The lowest BCUT2D eigenvalue weighted by atomic mass is 10.2. The van der Waals surface area contributed by atoms with Crippen LogP contribution >= 0.6 is 0 Å². The van der Waals surface area contributed by atoms with E-state index in [0.29, 0.717) is 5.76 Å². The highest BCUT2D eigenvalue weighted by Crippen LogP contribution is 2.23. The Labute approximate surface area is 131 Å². The number of furan rings is 1. The fourth-order valence-electron chi connectivity index (χ4n) is 2.00. The van der Waals surface area contributed by atoms with Crippen LogP contribution in [0.5, 0.6) is 0 Å². The summed E-state index contributed by atoms with van der Waals surface area (Å²) in [7, 11) is 1.43. The summed E-state index contributed by atoms with van der Waals surface area (Å²) >= 11 is 0. The zero-order valence-corrected chi connectivity index (χ0v) is 12.7. The van der Waals surface area contributed by atoms with Crippen molar-refractivity contribution in [3.8, 4) is 0 Å². The van der Waals surface area contributed by atoms with E-state index in [-0.39, 0.29) is 12.0 Å². The summed E-state index contributed by atoms with van der Waals surface area (Å²) in [6, 6.07) is 9.02. The van der Waals surface area contributed by atoms with Gasteiger partial charge in [0.1, 0.15) is 11.3 Å². The van der Waals surface area contributed by atoms with Crippen LogP contribution in [0.2, 0.25) is 0 Å². The van der Waals surface area contributed by atoms with Gasteiger partial charge in [-0.3, -0.25) is 4.99 Å². The van der Waals surface area contributed by atoms with E-state index in [0.717, 1.165) is 11.0 Å². The Morgan fingerprint density at radius 2 is 2.04 bits per heavy atom. The predicted molar refractivity (Wildman–Crippen MR) is 81.2 cm³/mol. The van der Waals surface area contributed by atoms with Crippen LogP contribution in [0, 0.1) is 0 Å². The van der Waals surface area contributed by atoms with Crippen LogP contribution in [0.1, 0.15) is 18.7 Å². The molecule has 1 heterocycles. The van der Waals surface area contributed by atoms with Crippen molar-refractivity contribution in [2.24, 2.45) is 4.99 Å². The van der Waals surface area contributed by atoms with Crippen molar-refractivity contribution in [1.29, 1.82) is 0 Å². The van der Waals surface area contributed by atoms with Gasteiger partial charge in [-0.1, -0.05) is 18.2 Å². The van der Waals surface area contributed by atoms with Gasteiger partial charge in [-0.2, -0.15) is 13.2 Å². The molecule has 5 nitrogen and oxygen atoms in total. The van der Waals surface area contributed by atoms with E-state index in [1.54, 1.807) is 6.92 Å². The molecule has 0 radical (unpaired) electrons. The van der Waals surface area contributed by atoms with Gasteiger partial charge in [0.25, 0.3) is 0 Å². The SMILES string of the molecule is CN=C(NCC(O)C(F)(F)F)NC(C)c1cc2ccccc2o1. The molecular weight excluding hydrogens is 311 g/mol. The zero-order valence-electron chi connectivity index (χ0n) is 12.7. The summed E-state index contributed by atoms with van der Waals surface area (Å²) in [5, 5.41) is 15.3. The largest absolute Gasteiger partial charge is 0.459 e. The number of halogens is 3. The van der Waals surface area contributed by atoms with Crippen molar-refractivity contribution in [3.05, 3.63) is 36.1 Å². The molecule has 126 valence electrons. The first kappa shape index (κ1) is 17.1. The zero-order chi connectivity index (χ0) is 17.0. The maximum absolute atomic E-state index is 12.3. The smallest absolute Gasteiger partial charge is 0.416 e. The topological polar surface area (TPSA) is 69.8 Å². The number of para-hydroxylation sites is 1. The number of rotatable bonds is 4. The first-order valence-corrected chi connectivity index (χ1v) is 7.01. The lowest BCUT2D eigenvalue weighted by Gasteiger charge is -2.19. The second-order valence-electron chi connectivity index (χ2n) is 5.06. The number of nitrogens with one attached hydrogen (secondary N) is 2. The minimum absolute atomic E-state index is 0.140. The molecule has 1 aromatic heterocycles. The lowest BCUT2D eigenvalue weighted by molar-refractivity contribution is -0.201. The molecule has 0 aliphatic rings. The van der Waals surface area contributed by atoms with Crippen LogP contribution in [0.4, 0.5) is 13.2 Å². The minimum Gasteiger partial charge on any atom is -0.459 e. The van der Waals surface area contributed by atoms with Gasteiger partial charge in [0, 0.05) is 12.4 Å². The number of fused-ring (bicyclic) bond motifs is 1. The Morgan fingerprint density at radius 3 is 2.65 bits per heavy atom. The van der Waals surface area contributed by atoms with Crippen LogP contribution in [-0.4, -0.2) is 36.9 Å². The molecule has 0 aliphatic carbocycles. The third-order valence-electron chi connectivity index (χ3n) is 3.29. The molecule has 8 heteroatoms. The second kappa shape index (κ2) is 6.91. The summed E-state index contributed by atoms with van der Waals surface area (Å²) < 4.78 is 42.5. The molecule has 0 saturated heterocycles. The van der Waals surface area contributed by atoms with Crippen LogP contribution in [0.25, 0.3) is 11.0 Å². The first-order chi connectivity index (χ1) is 10.8. The Hall–Kier alpha value is -2.22. The second-order valence-corrected chi connectivity index (χ2v) is 5.06. The number of aliphatic hydroxyl groups is 1. The van der Waals surface area contributed by atoms with E-state index < -0.39 is 18.8 Å². The van der Waals surface area contributed by atoms with Crippen molar-refractivity contribution in [3.63, 3.8) is 0 Å². The number of nitrogens with zero attached hydrogens (tertiary/aromatic N) is 1. The number of aliphatic imine (C=N–C) groups is 1. The highest BCUT2D eigenvalue weighted by molar-refractivity contribution is 5.81. The standard InChI is InChI=1S/C15H18F3N3O2/c1-9(12-7-10-5-3-4-6-11(10)23-12)21-14(19-2)20-8-13(22)15(16,17)18/h3-7,9,13,22H,8H2,1-2H3,(H2,19,20,21). The number of hydrogen-bond acceptors (Lipinski definition) is 3. The third kappa shape index (κ3) is 4.38. The highest BCUT2D eigenvalue weighted by atomic mass is 19.4. The Bertz CT molecular complexity index is 649. The van der Waals surface area contributed by atoms with Crippen LogP contribution in [-0.2, 0) is 0 Å². The molecule has 2 atom stereocenters. The fraction of sp³-hybridized carbons (Fsp3) is 0.400. The van der Waals surface area contributed by atoms with E-state index >= 15 is 0 Å².